The van der Waals surface area contributed by atoms with Crippen molar-refractivity contribution >= 4 is 16.4 Å². The summed E-state index contributed by atoms with van der Waals surface area (Å²) < 4.78 is 11.2. The van der Waals surface area contributed by atoms with Gasteiger partial charge in [-0.15, -0.1) is 0 Å². The zero-order valence-electron chi connectivity index (χ0n) is 12.7. The van der Waals surface area contributed by atoms with E-state index < -0.39 is 16.8 Å². The van der Waals surface area contributed by atoms with Gasteiger partial charge in [-0.05, 0) is 44.4 Å². The molecular weight excluding hydrogens is 262 g/mol. The molecule has 1 atom stereocenters. The van der Waals surface area contributed by atoms with Crippen LogP contribution in [0.2, 0.25) is 0 Å². The van der Waals surface area contributed by atoms with Crippen LogP contribution in [0.5, 0.6) is 0 Å². The van der Waals surface area contributed by atoms with Crippen LogP contribution in [0.25, 0.3) is 0 Å². The first-order chi connectivity index (χ1) is 8.53. The zero-order valence-corrected chi connectivity index (χ0v) is 13.5. The van der Waals surface area contributed by atoms with Gasteiger partial charge in [0.25, 0.3) is 0 Å². The van der Waals surface area contributed by atoms with E-state index in [9.17, 15) is 14.5 Å². The van der Waals surface area contributed by atoms with Crippen molar-refractivity contribution in [1.82, 2.24) is 4.90 Å². The topological polar surface area (TPSA) is 63.6 Å². The lowest BCUT2D eigenvalue weighted by Gasteiger charge is -2.42. The fourth-order valence-electron chi connectivity index (χ4n) is 3.28. The van der Waals surface area contributed by atoms with E-state index in [0.717, 1.165) is 19.3 Å². The SMILES string of the molecule is C[S+]([O-])C(=O)N1CCC(C(C)(C)CC(C)(C)O)CC1. The van der Waals surface area contributed by atoms with Gasteiger partial charge in [0.05, 0.1) is 5.60 Å². The average Bonchev–Trinajstić information content (AvgIpc) is 2.25. The molecule has 5 heteroatoms. The molecule has 0 aromatic rings. The van der Waals surface area contributed by atoms with Crippen molar-refractivity contribution in [3.8, 4) is 0 Å². The van der Waals surface area contributed by atoms with Gasteiger partial charge in [0.2, 0.25) is 0 Å². The maximum atomic E-state index is 11.7. The summed E-state index contributed by atoms with van der Waals surface area (Å²) in [6.07, 6.45) is 4.03. The highest BCUT2D eigenvalue weighted by molar-refractivity contribution is 8.05. The van der Waals surface area contributed by atoms with Crippen molar-refractivity contribution in [3.05, 3.63) is 0 Å². The van der Waals surface area contributed by atoms with Gasteiger partial charge in [0, 0.05) is 24.3 Å². The number of carbonyl (C=O) groups is 1. The number of aliphatic hydroxyl groups is 1. The molecule has 0 aliphatic carbocycles. The first-order valence-electron chi connectivity index (χ1n) is 6.88. The van der Waals surface area contributed by atoms with Crippen LogP contribution in [0.1, 0.15) is 47.0 Å². The minimum Gasteiger partial charge on any atom is -0.608 e. The Bertz CT molecular complexity index is 315. The Balaban J connectivity index is 2.56. The number of hydrogen-bond donors (Lipinski definition) is 1. The predicted octanol–water partition coefficient (Wildman–Crippen LogP) is 2.38. The second kappa shape index (κ2) is 6.02. The van der Waals surface area contributed by atoms with E-state index in [1.165, 1.54) is 6.26 Å². The smallest absolute Gasteiger partial charge is 0.429 e. The standard InChI is InChI=1S/C14H27NO3S/c1-13(2,10-14(3,4)17)11-6-8-15(9-7-11)12(16)19(5)18/h11,17H,6-10H2,1-5H3. The molecule has 1 unspecified atom stereocenters. The van der Waals surface area contributed by atoms with Crippen LogP contribution in [-0.2, 0) is 11.2 Å². The van der Waals surface area contributed by atoms with Gasteiger partial charge in [-0.3, -0.25) is 4.90 Å². The van der Waals surface area contributed by atoms with Gasteiger partial charge in [-0.25, -0.2) is 4.79 Å². The summed E-state index contributed by atoms with van der Waals surface area (Å²) in [6.45, 7) is 9.41. The summed E-state index contributed by atoms with van der Waals surface area (Å²) in [5.41, 5.74) is -0.611. The summed E-state index contributed by atoms with van der Waals surface area (Å²) in [5.74, 6) is 0.494. The molecule has 0 spiro atoms. The molecular formula is C14H27NO3S. The van der Waals surface area contributed by atoms with Gasteiger partial charge < -0.3 is 9.66 Å². The minimum absolute atomic E-state index is 0.0543. The molecule has 0 bridgehead atoms. The lowest BCUT2D eigenvalue weighted by molar-refractivity contribution is -0.000477. The van der Waals surface area contributed by atoms with Crippen molar-refractivity contribution in [1.29, 1.82) is 0 Å². The number of piperidine rings is 1. The molecule has 0 aromatic carbocycles. The summed E-state index contributed by atoms with van der Waals surface area (Å²) in [7, 11) is 0. The number of rotatable bonds is 3. The van der Waals surface area contributed by atoms with Crippen LogP contribution in [0.4, 0.5) is 4.79 Å². The van der Waals surface area contributed by atoms with Crippen molar-refractivity contribution in [3.63, 3.8) is 0 Å². The van der Waals surface area contributed by atoms with E-state index >= 15 is 0 Å². The highest BCUT2D eigenvalue weighted by atomic mass is 32.2. The minimum atomic E-state index is -1.41. The number of hydrogen-bond acceptors (Lipinski definition) is 3. The van der Waals surface area contributed by atoms with E-state index in [2.05, 4.69) is 13.8 Å². The lowest BCUT2D eigenvalue weighted by Crippen LogP contribution is -2.45. The molecule has 4 nitrogen and oxygen atoms in total. The largest absolute Gasteiger partial charge is 0.608 e. The molecule has 1 saturated heterocycles. The summed E-state index contributed by atoms with van der Waals surface area (Å²) in [5, 5.41) is 9.74. The molecule has 1 heterocycles. The zero-order chi connectivity index (χ0) is 14.8. The lowest BCUT2D eigenvalue weighted by atomic mass is 9.68. The van der Waals surface area contributed by atoms with Crippen molar-refractivity contribution in [2.75, 3.05) is 19.3 Å². The van der Waals surface area contributed by atoms with Crippen molar-refractivity contribution in [2.45, 2.75) is 52.6 Å². The fraction of sp³-hybridized carbons (Fsp3) is 0.929. The second-order valence-corrected chi connectivity index (χ2v) is 8.22. The number of amides is 1. The molecule has 1 rings (SSSR count). The van der Waals surface area contributed by atoms with E-state index in [1.54, 1.807) is 4.90 Å². The molecule has 0 radical (unpaired) electrons. The van der Waals surface area contributed by atoms with E-state index in [0.29, 0.717) is 19.0 Å². The molecule has 0 saturated carbocycles. The molecule has 1 aliphatic rings. The van der Waals surface area contributed by atoms with Crippen molar-refractivity contribution in [2.24, 2.45) is 11.3 Å². The van der Waals surface area contributed by atoms with E-state index in [4.69, 9.17) is 0 Å². The Labute approximate surface area is 119 Å². The van der Waals surface area contributed by atoms with Gasteiger partial charge >= 0.3 is 5.24 Å². The Kier molecular flexibility index (Phi) is 5.32. The first-order valence-corrected chi connectivity index (χ1v) is 8.43. The number of carbonyl (C=O) groups excluding carboxylic acids is 1. The summed E-state index contributed by atoms with van der Waals surface area (Å²) in [4.78, 5) is 13.4. The van der Waals surface area contributed by atoms with Gasteiger partial charge in [0.1, 0.15) is 6.26 Å². The molecule has 112 valence electrons. The molecule has 19 heavy (non-hydrogen) atoms. The molecule has 1 amide bonds. The van der Waals surface area contributed by atoms with E-state index in [1.807, 2.05) is 13.8 Å². The molecule has 1 N–H and O–H groups in total. The Morgan fingerprint density at radius 3 is 2.16 bits per heavy atom. The first kappa shape index (κ1) is 16.8. The van der Waals surface area contributed by atoms with E-state index in [-0.39, 0.29) is 10.7 Å². The second-order valence-electron chi connectivity index (χ2n) is 6.96. The predicted molar refractivity (Wildman–Crippen MR) is 78.5 cm³/mol. The van der Waals surface area contributed by atoms with Gasteiger partial charge in [0.15, 0.2) is 0 Å². The third kappa shape index (κ3) is 4.97. The third-order valence-electron chi connectivity index (χ3n) is 3.99. The Morgan fingerprint density at radius 2 is 1.79 bits per heavy atom. The van der Waals surface area contributed by atoms with Crippen LogP contribution in [0, 0.1) is 11.3 Å². The van der Waals surface area contributed by atoms with Crippen LogP contribution >= 0.6 is 0 Å². The van der Waals surface area contributed by atoms with Gasteiger partial charge in [-0.2, -0.15) is 0 Å². The average molecular weight is 289 g/mol. The number of likely N-dealkylation sites (tertiary alicyclic amines) is 1. The maximum absolute atomic E-state index is 11.7. The normalized spacial score (nSPS) is 20.5. The fourth-order valence-corrected chi connectivity index (χ4v) is 3.83. The highest BCUT2D eigenvalue weighted by Crippen LogP contribution is 2.40. The summed E-state index contributed by atoms with van der Waals surface area (Å²) in [6, 6.07) is 0. The molecule has 1 aliphatic heterocycles. The highest BCUT2D eigenvalue weighted by Gasteiger charge is 2.38. The molecule has 0 aromatic heterocycles. The van der Waals surface area contributed by atoms with Gasteiger partial charge in [-0.1, -0.05) is 13.8 Å². The quantitative estimate of drug-likeness (QED) is 0.811. The van der Waals surface area contributed by atoms with Crippen molar-refractivity contribution < 1.29 is 14.5 Å². The Morgan fingerprint density at radius 1 is 1.32 bits per heavy atom. The van der Waals surface area contributed by atoms with Crippen LogP contribution in [-0.4, -0.2) is 44.7 Å². The molecule has 1 fully saturated rings. The Hall–Kier alpha value is -0.260. The third-order valence-corrected chi connectivity index (χ3v) is 4.74. The van der Waals surface area contributed by atoms with Crippen LogP contribution in [0.15, 0.2) is 0 Å². The van der Waals surface area contributed by atoms with Crippen LogP contribution in [0.3, 0.4) is 0 Å². The van der Waals surface area contributed by atoms with Crippen LogP contribution < -0.4 is 0 Å². The summed E-state index contributed by atoms with van der Waals surface area (Å²) >= 11 is -1.41. The number of nitrogens with zero attached hydrogens (tertiary/aromatic N) is 1. The maximum Gasteiger partial charge on any atom is 0.429 e. The monoisotopic (exact) mass is 289 g/mol.